The van der Waals surface area contributed by atoms with Gasteiger partial charge in [-0.1, -0.05) is 60.7 Å². The number of hydrogen-bond donors (Lipinski definition) is 2. The summed E-state index contributed by atoms with van der Waals surface area (Å²) in [6, 6.07) is 14.9. The maximum absolute atomic E-state index is 5.77. The first-order chi connectivity index (χ1) is 12.7. The summed E-state index contributed by atoms with van der Waals surface area (Å²) in [5.74, 6) is 1.65. The molecule has 3 rings (SSSR count). The van der Waals surface area contributed by atoms with Crippen molar-refractivity contribution in [3.63, 3.8) is 0 Å². The van der Waals surface area contributed by atoms with E-state index in [2.05, 4.69) is 78.8 Å². The number of rotatable bonds is 9. The van der Waals surface area contributed by atoms with Crippen LogP contribution in [0.1, 0.15) is 22.3 Å². The van der Waals surface area contributed by atoms with E-state index in [-0.39, 0.29) is 0 Å². The zero-order valence-electron chi connectivity index (χ0n) is 15.5. The minimum atomic E-state index is 0.520. The summed E-state index contributed by atoms with van der Waals surface area (Å²) in [5, 5.41) is 6.86. The van der Waals surface area contributed by atoms with Gasteiger partial charge in [-0.05, 0) is 41.7 Å². The third-order valence-corrected chi connectivity index (χ3v) is 4.53. The zero-order valence-corrected chi connectivity index (χ0v) is 15.5. The SMILES string of the molecule is C=CCOc1cc(/C=C/c2ccc(C)cc2)cc(CNCC2CNC2)c1. The van der Waals surface area contributed by atoms with Crippen molar-refractivity contribution in [1.82, 2.24) is 10.6 Å². The molecule has 1 heterocycles. The summed E-state index contributed by atoms with van der Waals surface area (Å²) in [5.41, 5.74) is 4.86. The Balaban J connectivity index is 1.70. The molecule has 0 unspecified atom stereocenters. The summed E-state index contributed by atoms with van der Waals surface area (Å²) in [4.78, 5) is 0. The second-order valence-corrected chi connectivity index (χ2v) is 6.91. The number of hydrogen-bond acceptors (Lipinski definition) is 3. The van der Waals surface area contributed by atoms with Gasteiger partial charge in [-0.3, -0.25) is 0 Å². The zero-order chi connectivity index (χ0) is 18.2. The Morgan fingerprint density at radius 3 is 2.58 bits per heavy atom. The number of nitrogens with one attached hydrogen (secondary N) is 2. The molecular formula is C23H28N2O. The van der Waals surface area contributed by atoms with E-state index in [1.54, 1.807) is 6.08 Å². The van der Waals surface area contributed by atoms with E-state index in [0.717, 1.165) is 43.4 Å². The second kappa shape index (κ2) is 9.37. The van der Waals surface area contributed by atoms with E-state index in [1.165, 1.54) is 16.7 Å². The molecule has 26 heavy (non-hydrogen) atoms. The van der Waals surface area contributed by atoms with Gasteiger partial charge in [-0.2, -0.15) is 0 Å². The lowest BCUT2D eigenvalue weighted by atomic mass is 10.0. The van der Waals surface area contributed by atoms with E-state index < -0.39 is 0 Å². The van der Waals surface area contributed by atoms with E-state index in [4.69, 9.17) is 4.74 Å². The second-order valence-electron chi connectivity index (χ2n) is 6.91. The standard InChI is InChI=1S/C23H28N2O/c1-3-10-26-23-12-20(9-8-19-6-4-18(2)5-7-19)11-21(13-23)14-24-15-22-16-25-17-22/h3-9,11-13,22,24-25H,1,10,14-17H2,2H3/b9-8+. The van der Waals surface area contributed by atoms with E-state index in [0.29, 0.717) is 6.61 Å². The third-order valence-electron chi connectivity index (χ3n) is 4.53. The van der Waals surface area contributed by atoms with Crippen LogP contribution in [0.25, 0.3) is 12.2 Å². The minimum Gasteiger partial charge on any atom is -0.490 e. The van der Waals surface area contributed by atoms with Crippen molar-refractivity contribution < 1.29 is 4.74 Å². The average Bonchev–Trinajstić information content (AvgIpc) is 2.61. The molecule has 136 valence electrons. The Kier molecular flexibility index (Phi) is 6.64. The fraction of sp³-hybridized carbons (Fsp3) is 0.304. The molecule has 0 atom stereocenters. The highest BCUT2D eigenvalue weighted by Gasteiger charge is 2.15. The molecule has 1 aliphatic heterocycles. The maximum atomic E-state index is 5.77. The van der Waals surface area contributed by atoms with E-state index >= 15 is 0 Å². The fourth-order valence-electron chi connectivity index (χ4n) is 2.91. The van der Waals surface area contributed by atoms with Crippen LogP contribution in [0.5, 0.6) is 5.75 Å². The summed E-state index contributed by atoms with van der Waals surface area (Å²) >= 11 is 0. The van der Waals surface area contributed by atoms with Crippen LogP contribution in [-0.4, -0.2) is 26.2 Å². The van der Waals surface area contributed by atoms with Crippen LogP contribution in [0.15, 0.2) is 55.1 Å². The topological polar surface area (TPSA) is 33.3 Å². The molecule has 0 bridgehead atoms. The number of benzene rings is 2. The molecule has 2 aromatic rings. The van der Waals surface area contributed by atoms with Crippen molar-refractivity contribution in [3.05, 3.63) is 77.4 Å². The Hall–Kier alpha value is -2.36. The monoisotopic (exact) mass is 348 g/mol. The van der Waals surface area contributed by atoms with Crippen molar-refractivity contribution >= 4 is 12.2 Å². The lowest BCUT2D eigenvalue weighted by Gasteiger charge is -2.27. The highest BCUT2D eigenvalue weighted by Crippen LogP contribution is 2.20. The summed E-state index contributed by atoms with van der Waals surface area (Å²) in [6.07, 6.45) is 6.06. The summed E-state index contributed by atoms with van der Waals surface area (Å²) in [6.45, 7) is 10.5. The first-order valence-corrected chi connectivity index (χ1v) is 9.27. The highest BCUT2D eigenvalue weighted by molar-refractivity contribution is 5.70. The molecule has 2 N–H and O–H groups in total. The van der Waals surface area contributed by atoms with Crippen molar-refractivity contribution in [2.45, 2.75) is 13.5 Å². The lowest BCUT2D eigenvalue weighted by Crippen LogP contribution is -2.47. The molecule has 1 saturated heterocycles. The molecule has 0 aliphatic carbocycles. The van der Waals surface area contributed by atoms with Crippen LogP contribution in [-0.2, 0) is 6.54 Å². The fourth-order valence-corrected chi connectivity index (χ4v) is 2.91. The molecule has 0 spiro atoms. The van der Waals surface area contributed by atoms with Crippen molar-refractivity contribution in [1.29, 1.82) is 0 Å². The minimum absolute atomic E-state index is 0.520. The Bertz CT molecular complexity index is 745. The van der Waals surface area contributed by atoms with Gasteiger partial charge in [0.15, 0.2) is 0 Å². The lowest BCUT2D eigenvalue weighted by molar-refractivity contribution is 0.331. The first kappa shape index (κ1) is 18.4. The normalized spacial score (nSPS) is 14.3. The molecule has 0 radical (unpaired) electrons. The van der Waals surface area contributed by atoms with Crippen molar-refractivity contribution in [2.24, 2.45) is 5.92 Å². The van der Waals surface area contributed by atoms with Gasteiger partial charge in [-0.25, -0.2) is 0 Å². The molecule has 0 aromatic heterocycles. The van der Waals surface area contributed by atoms with Gasteiger partial charge >= 0.3 is 0 Å². The molecule has 0 amide bonds. The molecule has 3 nitrogen and oxygen atoms in total. The van der Waals surface area contributed by atoms with Gasteiger partial charge in [-0.15, -0.1) is 0 Å². The van der Waals surface area contributed by atoms with Crippen LogP contribution in [0.3, 0.4) is 0 Å². The maximum Gasteiger partial charge on any atom is 0.120 e. The van der Waals surface area contributed by atoms with Gasteiger partial charge in [0, 0.05) is 26.2 Å². The Morgan fingerprint density at radius 1 is 1.12 bits per heavy atom. The van der Waals surface area contributed by atoms with Gasteiger partial charge in [0.1, 0.15) is 12.4 Å². The smallest absolute Gasteiger partial charge is 0.120 e. The van der Waals surface area contributed by atoms with Crippen LogP contribution >= 0.6 is 0 Å². The van der Waals surface area contributed by atoms with E-state index in [1.807, 2.05) is 0 Å². The van der Waals surface area contributed by atoms with Crippen LogP contribution < -0.4 is 15.4 Å². The predicted octanol–water partition coefficient (Wildman–Crippen LogP) is 4.04. The van der Waals surface area contributed by atoms with Crippen LogP contribution in [0.2, 0.25) is 0 Å². The van der Waals surface area contributed by atoms with Crippen molar-refractivity contribution in [2.75, 3.05) is 26.2 Å². The Labute approximate surface area is 156 Å². The van der Waals surface area contributed by atoms with E-state index in [9.17, 15) is 0 Å². The van der Waals surface area contributed by atoms with Crippen molar-refractivity contribution in [3.8, 4) is 5.75 Å². The van der Waals surface area contributed by atoms with Crippen LogP contribution in [0, 0.1) is 12.8 Å². The van der Waals surface area contributed by atoms with Gasteiger partial charge < -0.3 is 15.4 Å². The Morgan fingerprint density at radius 2 is 1.88 bits per heavy atom. The molecule has 3 heteroatoms. The molecule has 2 aromatic carbocycles. The molecular weight excluding hydrogens is 320 g/mol. The number of ether oxygens (including phenoxy) is 1. The molecule has 1 fully saturated rings. The van der Waals surface area contributed by atoms with Gasteiger partial charge in [0.2, 0.25) is 0 Å². The first-order valence-electron chi connectivity index (χ1n) is 9.27. The summed E-state index contributed by atoms with van der Waals surface area (Å²) in [7, 11) is 0. The van der Waals surface area contributed by atoms with Crippen LogP contribution in [0.4, 0.5) is 0 Å². The molecule has 1 aliphatic rings. The average molecular weight is 348 g/mol. The predicted molar refractivity (Wildman–Crippen MR) is 110 cm³/mol. The largest absolute Gasteiger partial charge is 0.490 e. The number of aryl methyl sites for hydroxylation is 1. The highest BCUT2D eigenvalue weighted by atomic mass is 16.5. The van der Waals surface area contributed by atoms with Gasteiger partial charge in [0.25, 0.3) is 0 Å². The summed E-state index contributed by atoms with van der Waals surface area (Å²) < 4.78 is 5.77. The quantitative estimate of drug-likeness (QED) is 0.530. The molecule has 0 saturated carbocycles. The van der Waals surface area contributed by atoms with Gasteiger partial charge in [0.05, 0.1) is 0 Å². The third kappa shape index (κ3) is 5.58.